The van der Waals surface area contributed by atoms with E-state index in [9.17, 15) is 14.6 Å². The van der Waals surface area contributed by atoms with E-state index in [-0.39, 0.29) is 25.1 Å². The van der Waals surface area contributed by atoms with E-state index < -0.39 is 18.0 Å². The highest BCUT2D eigenvalue weighted by Crippen LogP contribution is 2.22. The van der Waals surface area contributed by atoms with Crippen LogP contribution < -0.4 is 4.74 Å². The van der Waals surface area contributed by atoms with Crippen molar-refractivity contribution in [2.75, 3.05) is 13.2 Å². The smallest absolute Gasteiger partial charge is 0.165 e. The van der Waals surface area contributed by atoms with Gasteiger partial charge in [0.05, 0.1) is 18.8 Å². The third-order valence-electron chi connectivity index (χ3n) is 2.49. The predicted octanol–water partition coefficient (Wildman–Crippen LogP) is 2.04. The summed E-state index contributed by atoms with van der Waals surface area (Å²) in [5.41, 5.74) is 0.480. The molecule has 0 amide bonds. The first kappa shape index (κ1) is 15.9. The summed E-state index contributed by atoms with van der Waals surface area (Å²) < 4.78 is 24.0. The number of benzene rings is 1. The van der Waals surface area contributed by atoms with Crippen molar-refractivity contribution in [2.24, 2.45) is 0 Å². The van der Waals surface area contributed by atoms with Crippen molar-refractivity contribution in [1.29, 1.82) is 0 Å². The molecule has 0 aromatic heterocycles. The third-order valence-corrected chi connectivity index (χ3v) is 2.49. The van der Waals surface area contributed by atoms with Gasteiger partial charge in [0.2, 0.25) is 0 Å². The van der Waals surface area contributed by atoms with Gasteiger partial charge in [-0.15, -0.1) is 0 Å². The number of ether oxygens (including phenoxy) is 2. The molecule has 0 saturated heterocycles. The minimum absolute atomic E-state index is 0.0247. The summed E-state index contributed by atoms with van der Waals surface area (Å²) in [4.78, 5) is 0. The van der Waals surface area contributed by atoms with Crippen molar-refractivity contribution in [2.45, 2.75) is 39.1 Å². The van der Waals surface area contributed by atoms with E-state index in [0.717, 1.165) is 0 Å². The SMILES string of the molecule is CC(C)OCC(O)COc1ccc([C@H](C)O)cc1F. The molecule has 0 spiro atoms. The van der Waals surface area contributed by atoms with Crippen LogP contribution in [-0.4, -0.2) is 35.6 Å². The molecule has 0 radical (unpaired) electrons. The molecule has 0 saturated carbocycles. The molecule has 0 aliphatic heterocycles. The molecule has 0 heterocycles. The van der Waals surface area contributed by atoms with Gasteiger partial charge >= 0.3 is 0 Å². The van der Waals surface area contributed by atoms with E-state index in [1.165, 1.54) is 12.1 Å². The zero-order valence-corrected chi connectivity index (χ0v) is 11.5. The Labute approximate surface area is 112 Å². The Morgan fingerprint density at radius 1 is 1.16 bits per heavy atom. The number of rotatable bonds is 7. The molecule has 0 aliphatic carbocycles. The van der Waals surface area contributed by atoms with Crippen molar-refractivity contribution in [3.05, 3.63) is 29.6 Å². The van der Waals surface area contributed by atoms with Crippen molar-refractivity contribution >= 4 is 0 Å². The monoisotopic (exact) mass is 272 g/mol. The molecule has 1 aromatic rings. The second-order valence-corrected chi connectivity index (χ2v) is 4.71. The average Bonchev–Trinajstić information content (AvgIpc) is 2.34. The Kier molecular flexibility index (Phi) is 6.21. The lowest BCUT2D eigenvalue weighted by molar-refractivity contribution is -0.0127. The van der Waals surface area contributed by atoms with E-state index in [4.69, 9.17) is 9.47 Å². The van der Waals surface area contributed by atoms with Gasteiger partial charge in [-0.25, -0.2) is 4.39 Å². The minimum atomic E-state index is -0.807. The lowest BCUT2D eigenvalue weighted by Gasteiger charge is -2.15. The second-order valence-electron chi connectivity index (χ2n) is 4.71. The molecular weight excluding hydrogens is 251 g/mol. The van der Waals surface area contributed by atoms with Crippen LogP contribution in [0.3, 0.4) is 0 Å². The van der Waals surface area contributed by atoms with Crippen LogP contribution in [0, 0.1) is 5.82 Å². The van der Waals surface area contributed by atoms with Gasteiger partial charge in [-0.3, -0.25) is 0 Å². The Balaban J connectivity index is 2.49. The first-order valence-electron chi connectivity index (χ1n) is 6.30. The Bertz CT molecular complexity index is 393. The van der Waals surface area contributed by atoms with Crippen LogP contribution >= 0.6 is 0 Å². The van der Waals surface area contributed by atoms with Gasteiger partial charge < -0.3 is 19.7 Å². The molecule has 1 rings (SSSR count). The third kappa shape index (κ3) is 5.55. The van der Waals surface area contributed by atoms with E-state index in [1.807, 2.05) is 13.8 Å². The summed E-state index contributed by atoms with van der Waals surface area (Å²) in [6, 6.07) is 4.24. The first-order chi connectivity index (χ1) is 8.90. The zero-order valence-electron chi connectivity index (χ0n) is 11.5. The van der Waals surface area contributed by atoms with Crippen LogP contribution in [0.25, 0.3) is 0 Å². The van der Waals surface area contributed by atoms with Gasteiger partial charge in [0, 0.05) is 0 Å². The minimum Gasteiger partial charge on any atom is -0.488 e. The number of hydrogen-bond donors (Lipinski definition) is 2. The Morgan fingerprint density at radius 3 is 2.37 bits per heavy atom. The van der Waals surface area contributed by atoms with Gasteiger partial charge in [0.25, 0.3) is 0 Å². The van der Waals surface area contributed by atoms with E-state index >= 15 is 0 Å². The normalized spacial score (nSPS) is 14.5. The molecule has 0 bridgehead atoms. The van der Waals surface area contributed by atoms with Gasteiger partial charge in [-0.05, 0) is 38.5 Å². The fraction of sp³-hybridized carbons (Fsp3) is 0.571. The number of halogens is 1. The van der Waals surface area contributed by atoms with E-state index in [2.05, 4.69) is 0 Å². The lowest BCUT2D eigenvalue weighted by Crippen LogP contribution is -2.25. The summed E-state index contributed by atoms with van der Waals surface area (Å²) >= 11 is 0. The molecule has 108 valence electrons. The van der Waals surface area contributed by atoms with Gasteiger partial charge in [-0.1, -0.05) is 6.07 Å². The maximum absolute atomic E-state index is 13.6. The fourth-order valence-corrected chi connectivity index (χ4v) is 1.43. The van der Waals surface area contributed by atoms with Crippen LogP contribution in [0.1, 0.15) is 32.4 Å². The highest BCUT2D eigenvalue weighted by atomic mass is 19.1. The van der Waals surface area contributed by atoms with E-state index in [0.29, 0.717) is 5.56 Å². The van der Waals surface area contributed by atoms with Gasteiger partial charge in [0.1, 0.15) is 12.7 Å². The fourth-order valence-electron chi connectivity index (χ4n) is 1.43. The maximum atomic E-state index is 13.6. The number of hydrogen-bond acceptors (Lipinski definition) is 4. The van der Waals surface area contributed by atoms with E-state index in [1.54, 1.807) is 13.0 Å². The molecule has 0 aliphatic rings. The quantitative estimate of drug-likeness (QED) is 0.797. The lowest BCUT2D eigenvalue weighted by atomic mass is 10.1. The second kappa shape index (κ2) is 7.43. The van der Waals surface area contributed by atoms with Crippen LogP contribution in [0.15, 0.2) is 18.2 Å². The predicted molar refractivity (Wildman–Crippen MR) is 69.6 cm³/mol. The molecule has 2 N–H and O–H groups in total. The number of aliphatic hydroxyl groups is 2. The van der Waals surface area contributed by atoms with Gasteiger partial charge in [0.15, 0.2) is 11.6 Å². The van der Waals surface area contributed by atoms with Crippen molar-refractivity contribution in [3.8, 4) is 5.75 Å². The zero-order chi connectivity index (χ0) is 14.4. The van der Waals surface area contributed by atoms with Crippen LogP contribution in [0.5, 0.6) is 5.75 Å². The van der Waals surface area contributed by atoms with Gasteiger partial charge in [-0.2, -0.15) is 0 Å². The summed E-state index contributed by atoms with van der Waals surface area (Å²) in [6.07, 6.45) is -1.51. The largest absolute Gasteiger partial charge is 0.488 e. The molecule has 2 atom stereocenters. The maximum Gasteiger partial charge on any atom is 0.165 e. The molecular formula is C14H21FO4. The van der Waals surface area contributed by atoms with Crippen molar-refractivity contribution < 1.29 is 24.1 Å². The van der Waals surface area contributed by atoms with Crippen LogP contribution in [0.2, 0.25) is 0 Å². The van der Waals surface area contributed by atoms with Crippen molar-refractivity contribution in [3.63, 3.8) is 0 Å². The summed E-state index contributed by atoms with van der Waals surface area (Å²) in [5.74, 6) is -0.511. The molecule has 19 heavy (non-hydrogen) atoms. The number of aliphatic hydroxyl groups excluding tert-OH is 2. The molecule has 1 unspecified atom stereocenters. The molecule has 1 aromatic carbocycles. The Morgan fingerprint density at radius 2 is 1.84 bits per heavy atom. The molecule has 4 nitrogen and oxygen atoms in total. The summed E-state index contributed by atoms with van der Waals surface area (Å²) in [5, 5.41) is 18.9. The van der Waals surface area contributed by atoms with Crippen LogP contribution in [-0.2, 0) is 4.74 Å². The highest BCUT2D eigenvalue weighted by Gasteiger charge is 2.11. The summed E-state index contributed by atoms with van der Waals surface area (Å²) in [7, 11) is 0. The van der Waals surface area contributed by atoms with Crippen molar-refractivity contribution in [1.82, 2.24) is 0 Å². The standard InChI is InChI=1S/C14H21FO4/c1-9(2)18-7-12(17)8-19-14-5-4-11(10(3)16)6-13(14)15/h4-6,9-10,12,16-17H,7-8H2,1-3H3/t10-,12?/m0/s1. The average molecular weight is 272 g/mol. The molecule has 0 fully saturated rings. The summed E-state index contributed by atoms with van der Waals surface area (Å²) in [6.45, 7) is 5.38. The highest BCUT2D eigenvalue weighted by molar-refractivity contribution is 5.30. The first-order valence-corrected chi connectivity index (χ1v) is 6.30. The van der Waals surface area contributed by atoms with Crippen LogP contribution in [0.4, 0.5) is 4.39 Å². The topological polar surface area (TPSA) is 58.9 Å². The Hall–Kier alpha value is -1.17. The molecule has 5 heteroatoms.